The summed E-state index contributed by atoms with van der Waals surface area (Å²) >= 11 is 1.55. The molecule has 0 aromatic carbocycles. The first kappa shape index (κ1) is 15.6. The second-order valence-electron chi connectivity index (χ2n) is 2.77. The quantitative estimate of drug-likeness (QED) is 0.559. The number of alkyl halides is 3. The van der Waals surface area contributed by atoms with Crippen molar-refractivity contribution in [3.8, 4) is 11.6 Å². The van der Waals surface area contributed by atoms with Gasteiger partial charge in [0, 0.05) is 16.7 Å². The van der Waals surface area contributed by atoms with Gasteiger partial charge in [0.15, 0.2) is 10.8 Å². The van der Waals surface area contributed by atoms with Crippen LogP contribution in [0.5, 0.6) is 11.6 Å². The Morgan fingerprint density at radius 1 is 1.44 bits per heavy atom. The zero-order valence-electron chi connectivity index (χ0n) is 8.46. The number of hydrogen-bond acceptors (Lipinski definition) is 5. The highest BCUT2D eigenvalue weighted by molar-refractivity contribution is 14.1. The van der Waals surface area contributed by atoms with E-state index in [0.717, 1.165) is 13.2 Å². The van der Waals surface area contributed by atoms with Crippen LogP contribution in [0.25, 0.3) is 0 Å². The van der Waals surface area contributed by atoms with Gasteiger partial charge in [-0.2, -0.15) is 4.98 Å². The molecule has 0 aliphatic rings. The first-order valence-corrected chi connectivity index (χ1v) is 7.38. The van der Waals surface area contributed by atoms with Crippen LogP contribution in [0.15, 0.2) is 11.1 Å². The summed E-state index contributed by atoms with van der Waals surface area (Å²) in [4.78, 5) is 3.21. The zero-order chi connectivity index (χ0) is 14.1. The number of aromatic nitrogens is 1. The molecule has 0 fully saturated rings. The Hall–Kier alpha value is -0.490. The van der Waals surface area contributed by atoms with E-state index >= 15 is 0 Å². The Balaban J connectivity index is 3.41. The van der Waals surface area contributed by atoms with Gasteiger partial charge in [0.2, 0.25) is 0 Å². The first-order chi connectivity index (χ1) is 8.04. The molecule has 0 amide bonds. The molecule has 0 unspecified atom stereocenters. The third-order valence-electron chi connectivity index (χ3n) is 1.54. The molecule has 11 heteroatoms. The predicted molar refractivity (Wildman–Crippen MR) is 63.2 cm³/mol. The Kier molecular flexibility index (Phi) is 4.54. The van der Waals surface area contributed by atoms with E-state index in [1.54, 1.807) is 22.6 Å². The molecule has 1 heterocycles. The molecule has 0 N–H and O–H groups in total. The third kappa shape index (κ3) is 4.02. The van der Waals surface area contributed by atoms with Gasteiger partial charge < -0.3 is 9.47 Å². The molecule has 1 aromatic rings. The topological polar surface area (TPSA) is 65.5 Å². The average Bonchev–Trinajstić information content (AvgIpc) is 2.16. The molecule has 0 saturated carbocycles. The first-order valence-electron chi connectivity index (χ1n) is 3.99. The predicted octanol–water partition coefficient (Wildman–Crippen LogP) is 2.52. The number of ether oxygens (including phenoxy) is 2. The molecule has 5 nitrogen and oxygen atoms in total. The van der Waals surface area contributed by atoms with Crippen LogP contribution in [0.4, 0.5) is 13.2 Å². The highest BCUT2D eigenvalue weighted by atomic mass is 127. The summed E-state index contributed by atoms with van der Waals surface area (Å²) in [5.74, 6) is -1.38. The van der Waals surface area contributed by atoms with Gasteiger partial charge in [-0.3, -0.25) is 0 Å². The van der Waals surface area contributed by atoms with Crippen LogP contribution in [0.3, 0.4) is 0 Å². The lowest BCUT2D eigenvalue weighted by molar-refractivity contribution is -0.276. The molecule has 0 atom stereocenters. The van der Waals surface area contributed by atoms with Gasteiger partial charge in [-0.25, -0.2) is 8.42 Å². The van der Waals surface area contributed by atoms with Gasteiger partial charge in [-0.05, 0) is 22.6 Å². The minimum absolute atomic E-state index is 0.00831. The van der Waals surface area contributed by atoms with E-state index in [1.807, 2.05) is 0 Å². The summed E-state index contributed by atoms with van der Waals surface area (Å²) in [5.41, 5.74) is 0. The fraction of sp³-hybridized carbons (Fsp3) is 0.286. The van der Waals surface area contributed by atoms with Crippen molar-refractivity contribution in [3.05, 3.63) is 9.64 Å². The summed E-state index contributed by atoms with van der Waals surface area (Å²) in [6, 6.07) is 1.02. The normalized spacial score (nSPS) is 12.3. The zero-order valence-corrected chi connectivity index (χ0v) is 12.2. The fourth-order valence-corrected chi connectivity index (χ4v) is 3.44. The van der Waals surface area contributed by atoms with Crippen LogP contribution in [0.2, 0.25) is 0 Å². The van der Waals surface area contributed by atoms with E-state index < -0.39 is 26.3 Å². The second-order valence-corrected chi connectivity index (χ2v) is 6.41. The Bertz CT molecular complexity index is 563. The van der Waals surface area contributed by atoms with E-state index in [2.05, 4.69) is 14.5 Å². The molecule has 102 valence electrons. The van der Waals surface area contributed by atoms with Crippen molar-refractivity contribution in [2.45, 2.75) is 11.4 Å². The van der Waals surface area contributed by atoms with E-state index in [9.17, 15) is 21.6 Å². The number of rotatable bonds is 3. The molecule has 0 aliphatic heterocycles. The summed E-state index contributed by atoms with van der Waals surface area (Å²) in [6.07, 6.45) is -5.03. The third-order valence-corrected chi connectivity index (χ3v) is 3.94. The molecule has 0 spiro atoms. The van der Waals surface area contributed by atoms with Gasteiger partial charge in [0.05, 0.1) is 10.7 Å². The molecule has 0 bridgehead atoms. The van der Waals surface area contributed by atoms with E-state index in [1.165, 1.54) is 0 Å². The number of hydrogen-bond donors (Lipinski definition) is 0. The van der Waals surface area contributed by atoms with Crippen LogP contribution in [0.1, 0.15) is 0 Å². The lowest BCUT2D eigenvalue weighted by atomic mass is 10.4. The van der Waals surface area contributed by atoms with Gasteiger partial charge in [0.25, 0.3) is 14.9 Å². The second kappa shape index (κ2) is 5.25. The van der Waals surface area contributed by atoms with Crippen LogP contribution < -0.4 is 9.47 Å². The van der Waals surface area contributed by atoms with Crippen molar-refractivity contribution in [2.75, 3.05) is 7.11 Å². The van der Waals surface area contributed by atoms with E-state index in [4.69, 9.17) is 10.7 Å². The van der Waals surface area contributed by atoms with Crippen LogP contribution in [-0.4, -0.2) is 26.9 Å². The SMILES string of the molecule is COc1cc(I)c(S(=O)(=O)Cl)nc1OC(F)(F)F. The van der Waals surface area contributed by atoms with Crippen LogP contribution in [0, 0.1) is 3.57 Å². The summed E-state index contributed by atoms with van der Waals surface area (Å²) in [7, 11) is 1.83. The van der Waals surface area contributed by atoms with Gasteiger partial charge in [0.1, 0.15) is 0 Å². The average molecular weight is 418 g/mol. The van der Waals surface area contributed by atoms with Crippen molar-refractivity contribution in [1.29, 1.82) is 0 Å². The highest BCUT2D eigenvalue weighted by Crippen LogP contribution is 2.34. The van der Waals surface area contributed by atoms with Crippen molar-refractivity contribution in [3.63, 3.8) is 0 Å². The Morgan fingerprint density at radius 2 is 2.00 bits per heavy atom. The van der Waals surface area contributed by atoms with Crippen molar-refractivity contribution >= 4 is 42.3 Å². The maximum Gasteiger partial charge on any atom is 0.574 e. The summed E-state index contributed by atoms with van der Waals surface area (Å²) in [5, 5.41) is -0.732. The molecular weight excluding hydrogens is 413 g/mol. The Labute approximate surface area is 118 Å². The molecule has 1 aromatic heterocycles. The lowest BCUT2D eigenvalue weighted by Gasteiger charge is -2.12. The van der Waals surface area contributed by atoms with Crippen molar-refractivity contribution in [1.82, 2.24) is 4.98 Å². The van der Waals surface area contributed by atoms with Gasteiger partial charge >= 0.3 is 6.36 Å². The van der Waals surface area contributed by atoms with Crippen molar-refractivity contribution < 1.29 is 31.1 Å². The number of nitrogens with zero attached hydrogens (tertiary/aromatic N) is 1. The summed E-state index contributed by atoms with van der Waals surface area (Å²) < 4.78 is 66.6. The molecule has 1 rings (SSSR count). The number of halogens is 5. The number of pyridine rings is 1. The van der Waals surface area contributed by atoms with Gasteiger partial charge in [-0.15, -0.1) is 13.2 Å². The minimum atomic E-state index is -5.03. The largest absolute Gasteiger partial charge is 0.574 e. The van der Waals surface area contributed by atoms with E-state index in [-0.39, 0.29) is 9.32 Å². The standard InChI is InChI=1S/C7H4ClF3INO4S/c1-16-4-2-3(12)6(18(8,14)15)13-5(4)17-7(9,10)11/h2H,1H3. The van der Waals surface area contributed by atoms with Crippen LogP contribution >= 0.6 is 33.3 Å². The molecular formula is C7H4ClF3INO4S. The van der Waals surface area contributed by atoms with E-state index in [0.29, 0.717) is 0 Å². The fourth-order valence-electron chi connectivity index (χ4n) is 0.939. The number of methoxy groups -OCH3 is 1. The summed E-state index contributed by atoms with van der Waals surface area (Å²) in [6.45, 7) is 0. The highest BCUT2D eigenvalue weighted by Gasteiger charge is 2.34. The molecule has 0 saturated heterocycles. The minimum Gasteiger partial charge on any atom is -0.491 e. The Morgan fingerprint density at radius 3 is 2.39 bits per heavy atom. The van der Waals surface area contributed by atoms with Crippen LogP contribution in [-0.2, 0) is 9.05 Å². The lowest BCUT2D eigenvalue weighted by Crippen LogP contribution is -2.19. The smallest absolute Gasteiger partial charge is 0.491 e. The monoisotopic (exact) mass is 417 g/mol. The molecule has 0 aliphatic carbocycles. The molecule has 0 radical (unpaired) electrons. The van der Waals surface area contributed by atoms with Crippen molar-refractivity contribution in [2.24, 2.45) is 0 Å². The maximum atomic E-state index is 12.1. The van der Waals surface area contributed by atoms with Gasteiger partial charge in [-0.1, -0.05) is 0 Å². The maximum absolute atomic E-state index is 12.1. The molecule has 18 heavy (non-hydrogen) atoms.